The molecule has 0 fully saturated rings. The van der Waals surface area contributed by atoms with Crippen molar-refractivity contribution in [2.24, 2.45) is 5.73 Å². The summed E-state index contributed by atoms with van der Waals surface area (Å²) in [5.41, 5.74) is 6.84. The Morgan fingerprint density at radius 2 is 1.62 bits per heavy atom. The van der Waals surface area contributed by atoms with Crippen molar-refractivity contribution in [1.82, 2.24) is 0 Å². The van der Waals surface area contributed by atoms with E-state index in [4.69, 9.17) is 40.5 Å². The molecule has 2 N–H and O–H groups in total. The lowest BCUT2D eigenvalue weighted by molar-refractivity contribution is 0.894. The molecule has 1 atom stereocenters. The van der Waals surface area contributed by atoms with Crippen molar-refractivity contribution in [2.75, 3.05) is 0 Å². The van der Waals surface area contributed by atoms with E-state index in [9.17, 15) is 0 Å². The van der Waals surface area contributed by atoms with Crippen LogP contribution in [0.1, 0.15) is 16.5 Å². The van der Waals surface area contributed by atoms with Gasteiger partial charge in [0.1, 0.15) is 0 Å². The zero-order chi connectivity index (χ0) is 11.7. The molecule has 0 bridgehead atoms. The maximum absolute atomic E-state index is 6.12. The largest absolute Gasteiger partial charge is 0.319 e. The molecule has 2 aromatic rings. The molecular formula is C11H8Cl3NS. The maximum atomic E-state index is 6.12. The molecule has 0 aliphatic carbocycles. The number of nitrogens with two attached hydrogens (primary N) is 1. The Kier molecular flexibility index (Phi) is 3.77. The molecule has 0 aliphatic heterocycles. The summed E-state index contributed by atoms with van der Waals surface area (Å²) in [6, 6.07) is 6.76. The van der Waals surface area contributed by atoms with Gasteiger partial charge in [0.05, 0.1) is 11.1 Å². The number of thiophene rings is 1. The normalized spacial score (nSPS) is 12.8. The zero-order valence-corrected chi connectivity index (χ0v) is 11.2. The first-order valence-corrected chi connectivity index (χ1v) is 6.55. The van der Waals surface area contributed by atoms with E-state index in [1.807, 2.05) is 11.4 Å². The predicted molar refractivity (Wildman–Crippen MR) is 71.8 cm³/mol. The molecule has 0 spiro atoms. The first-order valence-electron chi connectivity index (χ1n) is 4.53. The van der Waals surface area contributed by atoms with Crippen molar-refractivity contribution in [3.63, 3.8) is 0 Å². The second-order valence-corrected chi connectivity index (χ2v) is 5.42. The number of benzene rings is 1. The smallest absolute Gasteiger partial charge is 0.0690 e. The molecule has 1 nitrogen and oxygen atoms in total. The Bertz CT molecular complexity index is 489. The summed E-state index contributed by atoms with van der Waals surface area (Å²) in [5, 5.41) is 3.66. The van der Waals surface area contributed by atoms with Crippen LogP contribution in [0.4, 0.5) is 0 Å². The lowest BCUT2D eigenvalue weighted by Crippen LogP contribution is -2.11. The van der Waals surface area contributed by atoms with Gasteiger partial charge in [-0.25, -0.2) is 0 Å². The molecule has 16 heavy (non-hydrogen) atoms. The molecule has 84 valence electrons. The van der Waals surface area contributed by atoms with Crippen LogP contribution in [0.25, 0.3) is 0 Å². The average molecular weight is 293 g/mol. The fourth-order valence-corrected chi connectivity index (χ4v) is 3.28. The lowest BCUT2D eigenvalue weighted by atomic mass is 10.1. The van der Waals surface area contributed by atoms with Gasteiger partial charge in [0.15, 0.2) is 0 Å². The van der Waals surface area contributed by atoms with Crippen LogP contribution in [0.3, 0.4) is 0 Å². The molecule has 1 aromatic carbocycles. The van der Waals surface area contributed by atoms with Crippen LogP contribution in [0, 0.1) is 0 Å². The highest BCUT2D eigenvalue weighted by Crippen LogP contribution is 2.37. The first-order chi connectivity index (χ1) is 7.61. The van der Waals surface area contributed by atoms with Gasteiger partial charge in [-0.05, 0) is 23.6 Å². The van der Waals surface area contributed by atoms with Crippen LogP contribution in [0.5, 0.6) is 0 Å². The Morgan fingerprint density at radius 3 is 2.12 bits per heavy atom. The molecule has 1 heterocycles. The van der Waals surface area contributed by atoms with Crippen LogP contribution in [-0.4, -0.2) is 0 Å². The highest BCUT2D eigenvalue weighted by Gasteiger charge is 2.19. The minimum absolute atomic E-state index is 0.381. The highest BCUT2D eigenvalue weighted by molar-refractivity contribution is 7.10. The first kappa shape index (κ1) is 12.2. The number of hydrogen-bond acceptors (Lipinski definition) is 2. The number of rotatable bonds is 2. The van der Waals surface area contributed by atoms with Crippen LogP contribution in [0.15, 0.2) is 29.6 Å². The fraction of sp³-hybridized carbons (Fsp3) is 0.0909. The van der Waals surface area contributed by atoms with Gasteiger partial charge >= 0.3 is 0 Å². The third kappa shape index (κ3) is 2.22. The van der Waals surface area contributed by atoms with E-state index in [1.54, 1.807) is 18.2 Å². The maximum Gasteiger partial charge on any atom is 0.0690 e. The molecule has 0 saturated carbocycles. The quantitative estimate of drug-likeness (QED) is 0.849. The summed E-state index contributed by atoms with van der Waals surface area (Å²) in [7, 11) is 0. The summed E-state index contributed by atoms with van der Waals surface area (Å²) in [4.78, 5) is 0.872. The summed E-state index contributed by atoms with van der Waals surface area (Å²) in [6.45, 7) is 0. The van der Waals surface area contributed by atoms with E-state index in [2.05, 4.69) is 0 Å². The van der Waals surface area contributed by atoms with Crippen LogP contribution < -0.4 is 5.73 Å². The number of halogens is 3. The highest BCUT2D eigenvalue weighted by atomic mass is 35.5. The third-order valence-electron chi connectivity index (χ3n) is 2.24. The molecule has 1 aromatic heterocycles. The second kappa shape index (κ2) is 4.94. The summed E-state index contributed by atoms with van der Waals surface area (Å²) >= 11 is 19.7. The van der Waals surface area contributed by atoms with E-state index < -0.39 is 0 Å². The standard InChI is InChI=1S/C11H8Cl3NS/c12-6-2-1-3-7(13)9(6)10(15)11-8(14)4-5-16-11/h1-5,10H,15H2. The fourth-order valence-electron chi connectivity index (χ4n) is 1.47. The van der Waals surface area contributed by atoms with Crippen molar-refractivity contribution >= 4 is 46.1 Å². The van der Waals surface area contributed by atoms with Crippen LogP contribution in [0.2, 0.25) is 15.1 Å². The lowest BCUT2D eigenvalue weighted by Gasteiger charge is -2.14. The van der Waals surface area contributed by atoms with E-state index in [0.29, 0.717) is 15.1 Å². The molecule has 5 heteroatoms. The van der Waals surface area contributed by atoms with Gasteiger partial charge in [0, 0.05) is 20.5 Å². The van der Waals surface area contributed by atoms with Crippen molar-refractivity contribution in [3.05, 3.63) is 55.2 Å². The Morgan fingerprint density at radius 1 is 1.00 bits per heavy atom. The van der Waals surface area contributed by atoms with Gasteiger partial charge in [0.2, 0.25) is 0 Å². The van der Waals surface area contributed by atoms with Gasteiger partial charge in [-0.2, -0.15) is 0 Å². The molecule has 2 rings (SSSR count). The van der Waals surface area contributed by atoms with Gasteiger partial charge in [-0.15, -0.1) is 11.3 Å². The van der Waals surface area contributed by atoms with Gasteiger partial charge in [-0.1, -0.05) is 40.9 Å². The molecule has 0 aliphatic rings. The van der Waals surface area contributed by atoms with E-state index in [-0.39, 0.29) is 6.04 Å². The van der Waals surface area contributed by atoms with E-state index >= 15 is 0 Å². The SMILES string of the molecule is NC(c1sccc1Cl)c1c(Cl)cccc1Cl. The second-order valence-electron chi connectivity index (χ2n) is 3.25. The van der Waals surface area contributed by atoms with Gasteiger partial charge in [0.25, 0.3) is 0 Å². The van der Waals surface area contributed by atoms with Crippen molar-refractivity contribution in [3.8, 4) is 0 Å². The summed E-state index contributed by atoms with van der Waals surface area (Å²) < 4.78 is 0. The molecule has 0 saturated heterocycles. The zero-order valence-electron chi connectivity index (χ0n) is 8.08. The summed E-state index contributed by atoms with van der Waals surface area (Å²) in [5.74, 6) is 0. The van der Waals surface area contributed by atoms with Gasteiger partial charge < -0.3 is 5.73 Å². The molecule has 0 amide bonds. The van der Waals surface area contributed by atoms with Crippen molar-refractivity contribution in [1.29, 1.82) is 0 Å². The topological polar surface area (TPSA) is 26.0 Å². The van der Waals surface area contributed by atoms with Gasteiger partial charge in [-0.3, -0.25) is 0 Å². The van der Waals surface area contributed by atoms with E-state index in [0.717, 1.165) is 10.4 Å². The Labute approximate surface area is 113 Å². The summed E-state index contributed by atoms with van der Waals surface area (Å²) in [6.07, 6.45) is 0. The monoisotopic (exact) mass is 291 g/mol. The van der Waals surface area contributed by atoms with Crippen LogP contribution in [-0.2, 0) is 0 Å². The third-order valence-corrected chi connectivity index (χ3v) is 4.34. The minimum Gasteiger partial charge on any atom is -0.319 e. The predicted octanol–water partition coefficient (Wildman–Crippen LogP) is 4.76. The molecule has 0 radical (unpaired) electrons. The van der Waals surface area contributed by atoms with Crippen molar-refractivity contribution in [2.45, 2.75) is 6.04 Å². The van der Waals surface area contributed by atoms with Crippen molar-refractivity contribution < 1.29 is 0 Å². The Hall–Kier alpha value is -0.250. The minimum atomic E-state index is -0.381. The number of hydrogen-bond donors (Lipinski definition) is 1. The Balaban J connectivity index is 2.49. The van der Waals surface area contributed by atoms with Crippen LogP contribution >= 0.6 is 46.1 Å². The van der Waals surface area contributed by atoms with E-state index in [1.165, 1.54) is 11.3 Å². The molecule has 1 unspecified atom stereocenters. The molecular weight excluding hydrogens is 285 g/mol. The average Bonchev–Trinajstić information content (AvgIpc) is 2.64.